The quantitative estimate of drug-likeness (QED) is 0.413. The van der Waals surface area contributed by atoms with E-state index >= 15 is 0 Å². The maximum atomic E-state index is 5.88. The van der Waals surface area contributed by atoms with E-state index in [4.69, 9.17) is 4.74 Å². The van der Waals surface area contributed by atoms with Crippen LogP contribution in [0.25, 0.3) is 0 Å². The summed E-state index contributed by atoms with van der Waals surface area (Å²) in [5, 5.41) is 7.73. The normalized spacial score (nSPS) is 16.0. The second kappa shape index (κ2) is 10.6. The number of aryl methyl sites for hydroxylation is 1. The van der Waals surface area contributed by atoms with Crippen molar-refractivity contribution in [3.05, 3.63) is 16.1 Å². The number of guanidine groups is 1. The van der Waals surface area contributed by atoms with Crippen molar-refractivity contribution in [3.63, 3.8) is 0 Å². The van der Waals surface area contributed by atoms with Crippen LogP contribution in [0.4, 0.5) is 0 Å². The Hall–Kier alpha value is -1.14. The van der Waals surface area contributed by atoms with Gasteiger partial charge in [0.2, 0.25) is 0 Å². The van der Waals surface area contributed by atoms with Gasteiger partial charge in [-0.2, -0.15) is 0 Å². The molecular weight excluding hydrogens is 308 g/mol. The highest BCUT2D eigenvalue weighted by molar-refractivity contribution is 7.11. The van der Waals surface area contributed by atoms with Crippen LogP contribution in [0.5, 0.6) is 0 Å². The minimum absolute atomic E-state index is 0.509. The molecule has 0 saturated heterocycles. The van der Waals surface area contributed by atoms with Gasteiger partial charge >= 0.3 is 0 Å². The van der Waals surface area contributed by atoms with Crippen LogP contribution in [0.15, 0.2) is 11.2 Å². The first-order chi connectivity index (χ1) is 11.3. The molecule has 6 heteroatoms. The second-order valence-corrected chi connectivity index (χ2v) is 7.03. The number of nitrogens with zero attached hydrogens (tertiary/aromatic N) is 2. The van der Waals surface area contributed by atoms with E-state index in [0.29, 0.717) is 12.6 Å². The Labute approximate surface area is 144 Å². The van der Waals surface area contributed by atoms with Crippen molar-refractivity contribution in [2.45, 2.75) is 65.0 Å². The number of nitrogens with one attached hydrogen (secondary N) is 2. The van der Waals surface area contributed by atoms with Gasteiger partial charge in [0.05, 0.1) is 12.6 Å². The molecule has 1 saturated carbocycles. The number of hydrogen-bond donors (Lipinski definition) is 2. The highest BCUT2D eigenvalue weighted by Crippen LogP contribution is 2.20. The van der Waals surface area contributed by atoms with Gasteiger partial charge in [0, 0.05) is 30.8 Å². The number of hydrogen-bond acceptors (Lipinski definition) is 4. The lowest BCUT2D eigenvalue weighted by Crippen LogP contribution is -2.38. The van der Waals surface area contributed by atoms with E-state index < -0.39 is 0 Å². The molecule has 1 aliphatic rings. The summed E-state index contributed by atoms with van der Waals surface area (Å²) < 4.78 is 5.88. The average molecular weight is 339 g/mol. The van der Waals surface area contributed by atoms with Crippen LogP contribution in [0.3, 0.4) is 0 Å². The number of aromatic nitrogens is 1. The molecular formula is C17H30N4OS. The molecule has 0 bridgehead atoms. The second-order valence-electron chi connectivity index (χ2n) is 5.83. The summed E-state index contributed by atoms with van der Waals surface area (Å²) in [5.74, 6) is 0.863. The number of thiazole rings is 1. The van der Waals surface area contributed by atoms with Crippen molar-refractivity contribution in [3.8, 4) is 0 Å². The van der Waals surface area contributed by atoms with Crippen LogP contribution in [0.2, 0.25) is 0 Å². The van der Waals surface area contributed by atoms with Gasteiger partial charge in [0.25, 0.3) is 0 Å². The highest BCUT2D eigenvalue weighted by Gasteiger charge is 2.14. The van der Waals surface area contributed by atoms with Gasteiger partial charge in [-0.1, -0.05) is 19.8 Å². The van der Waals surface area contributed by atoms with E-state index in [1.165, 1.54) is 30.6 Å². The topological polar surface area (TPSA) is 58.5 Å². The molecule has 23 heavy (non-hydrogen) atoms. The molecule has 0 unspecified atom stereocenters. The molecule has 2 N–H and O–H groups in total. The van der Waals surface area contributed by atoms with Gasteiger partial charge in [-0.05, 0) is 32.6 Å². The average Bonchev–Trinajstić information content (AvgIpc) is 3.23. The van der Waals surface area contributed by atoms with Crippen molar-refractivity contribution in [2.75, 3.05) is 19.7 Å². The number of aliphatic imine (C=N–C) groups is 1. The van der Waals surface area contributed by atoms with Gasteiger partial charge in [-0.3, -0.25) is 0 Å². The molecule has 0 atom stereocenters. The molecule has 0 aromatic carbocycles. The molecule has 0 amide bonds. The minimum atomic E-state index is 0.509. The van der Waals surface area contributed by atoms with E-state index in [9.17, 15) is 0 Å². The lowest BCUT2D eigenvalue weighted by atomic mass is 10.3. The molecule has 0 aliphatic heterocycles. The van der Waals surface area contributed by atoms with Gasteiger partial charge in [-0.25, -0.2) is 9.98 Å². The Morgan fingerprint density at radius 2 is 2.17 bits per heavy atom. The molecule has 1 heterocycles. The van der Waals surface area contributed by atoms with Crippen molar-refractivity contribution in [1.82, 2.24) is 15.6 Å². The summed E-state index contributed by atoms with van der Waals surface area (Å²) in [6.45, 7) is 7.46. The lowest BCUT2D eigenvalue weighted by molar-refractivity contribution is 0.0574. The summed E-state index contributed by atoms with van der Waals surface area (Å²) >= 11 is 1.75. The molecule has 1 aromatic rings. The van der Waals surface area contributed by atoms with Crippen molar-refractivity contribution in [1.29, 1.82) is 0 Å². The SMILES string of the molecule is CCNC(=NCc1ncc(CC)s1)NCCCOC1CCCC1. The standard InChI is InChI=1S/C17H30N4OS/c1-3-15-12-20-16(23-15)13-21-17(18-4-2)19-10-7-11-22-14-8-5-6-9-14/h12,14H,3-11,13H2,1-2H3,(H2,18,19,21). The molecule has 1 fully saturated rings. The van der Waals surface area contributed by atoms with Crippen LogP contribution in [0.1, 0.15) is 55.8 Å². The first-order valence-electron chi connectivity index (χ1n) is 8.89. The molecule has 2 rings (SSSR count). The first kappa shape index (κ1) is 18.2. The Kier molecular flexibility index (Phi) is 8.39. The zero-order valence-electron chi connectivity index (χ0n) is 14.4. The summed E-state index contributed by atoms with van der Waals surface area (Å²) in [6.07, 6.45) is 9.66. The predicted octanol–water partition coefficient (Wildman–Crippen LogP) is 3.11. The number of ether oxygens (including phenoxy) is 1. The third kappa shape index (κ3) is 6.87. The Bertz CT molecular complexity index is 469. The van der Waals surface area contributed by atoms with Crippen LogP contribution in [0, 0.1) is 0 Å². The van der Waals surface area contributed by atoms with Crippen LogP contribution in [-0.2, 0) is 17.7 Å². The van der Waals surface area contributed by atoms with Gasteiger partial charge in [0.15, 0.2) is 5.96 Å². The first-order valence-corrected chi connectivity index (χ1v) is 9.70. The predicted molar refractivity (Wildman–Crippen MR) is 97.1 cm³/mol. The molecule has 0 radical (unpaired) electrons. The van der Waals surface area contributed by atoms with E-state index in [-0.39, 0.29) is 0 Å². The molecule has 5 nitrogen and oxygen atoms in total. The van der Waals surface area contributed by atoms with Crippen LogP contribution < -0.4 is 10.6 Å². The third-order valence-electron chi connectivity index (χ3n) is 3.94. The van der Waals surface area contributed by atoms with Crippen LogP contribution in [-0.4, -0.2) is 36.7 Å². The molecule has 1 aliphatic carbocycles. The van der Waals surface area contributed by atoms with E-state index in [2.05, 4.69) is 34.5 Å². The Morgan fingerprint density at radius 3 is 2.87 bits per heavy atom. The van der Waals surface area contributed by atoms with Crippen molar-refractivity contribution < 1.29 is 4.74 Å². The molecule has 130 valence electrons. The maximum absolute atomic E-state index is 5.88. The van der Waals surface area contributed by atoms with E-state index in [0.717, 1.165) is 43.5 Å². The smallest absolute Gasteiger partial charge is 0.191 e. The maximum Gasteiger partial charge on any atom is 0.191 e. The zero-order chi connectivity index (χ0) is 16.3. The Morgan fingerprint density at radius 1 is 1.35 bits per heavy atom. The molecule has 1 aromatic heterocycles. The number of rotatable bonds is 9. The summed E-state index contributed by atoms with van der Waals surface area (Å²) in [5.41, 5.74) is 0. The lowest BCUT2D eigenvalue weighted by Gasteiger charge is -2.13. The van der Waals surface area contributed by atoms with E-state index in [1.807, 2.05) is 6.20 Å². The fourth-order valence-electron chi connectivity index (χ4n) is 2.66. The van der Waals surface area contributed by atoms with Gasteiger partial charge < -0.3 is 15.4 Å². The monoisotopic (exact) mass is 338 g/mol. The van der Waals surface area contributed by atoms with Gasteiger partial charge in [0.1, 0.15) is 5.01 Å². The summed E-state index contributed by atoms with van der Waals surface area (Å²) in [4.78, 5) is 10.3. The summed E-state index contributed by atoms with van der Waals surface area (Å²) in [7, 11) is 0. The van der Waals surface area contributed by atoms with Gasteiger partial charge in [-0.15, -0.1) is 11.3 Å². The Balaban J connectivity index is 1.66. The minimum Gasteiger partial charge on any atom is -0.378 e. The van der Waals surface area contributed by atoms with Crippen molar-refractivity contribution in [2.24, 2.45) is 4.99 Å². The van der Waals surface area contributed by atoms with Crippen LogP contribution >= 0.6 is 11.3 Å². The van der Waals surface area contributed by atoms with Crippen molar-refractivity contribution >= 4 is 17.3 Å². The molecule has 0 spiro atoms. The largest absolute Gasteiger partial charge is 0.378 e. The fraction of sp³-hybridized carbons (Fsp3) is 0.765. The fourth-order valence-corrected chi connectivity index (χ4v) is 3.44. The summed E-state index contributed by atoms with van der Waals surface area (Å²) in [6, 6.07) is 0. The van der Waals surface area contributed by atoms with E-state index in [1.54, 1.807) is 11.3 Å². The third-order valence-corrected chi connectivity index (χ3v) is 5.06. The highest BCUT2D eigenvalue weighted by atomic mass is 32.1. The zero-order valence-corrected chi connectivity index (χ0v) is 15.3.